The molecule has 0 radical (unpaired) electrons. The quantitative estimate of drug-likeness (QED) is 0.625. The Labute approximate surface area is 176 Å². The van der Waals surface area contributed by atoms with Crippen LogP contribution in [-0.4, -0.2) is 28.8 Å². The number of rotatable bonds is 8. The minimum Gasteiger partial charge on any atom is -0.497 e. The third kappa shape index (κ3) is 5.44. The van der Waals surface area contributed by atoms with Gasteiger partial charge in [-0.05, 0) is 35.4 Å². The maximum Gasteiger partial charge on any atom is 0.247 e. The molecule has 0 fully saturated rings. The van der Waals surface area contributed by atoms with Gasteiger partial charge in [0.15, 0.2) is 0 Å². The standard InChI is InChI=1S/C24H25N3O3/c1-18(28)27(17-19-11-13-22(30-2)14-12-19)23(20-8-4-3-5-9-20)24(29)26-16-21-10-6-7-15-25-21/h3-15,23H,16-17H2,1-2H3,(H,26,29)/t23-/m1/s1. The second-order valence-corrected chi connectivity index (χ2v) is 6.85. The lowest BCUT2D eigenvalue weighted by atomic mass is 10.0. The number of nitrogens with zero attached hydrogens (tertiary/aromatic N) is 2. The molecule has 1 N–H and O–H groups in total. The van der Waals surface area contributed by atoms with Crippen LogP contribution in [0.2, 0.25) is 0 Å². The maximum atomic E-state index is 13.2. The second kappa shape index (κ2) is 10.2. The molecule has 3 rings (SSSR count). The number of hydrogen-bond acceptors (Lipinski definition) is 4. The number of methoxy groups -OCH3 is 1. The van der Waals surface area contributed by atoms with Crippen molar-refractivity contribution in [2.75, 3.05) is 7.11 Å². The fourth-order valence-electron chi connectivity index (χ4n) is 3.20. The fraction of sp³-hybridized carbons (Fsp3) is 0.208. The van der Waals surface area contributed by atoms with Crippen LogP contribution in [0.1, 0.15) is 29.8 Å². The van der Waals surface area contributed by atoms with E-state index in [-0.39, 0.29) is 18.4 Å². The first-order valence-electron chi connectivity index (χ1n) is 9.71. The predicted octanol–water partition coefficient (Wildman–Crippen LogP) is 3.50. The molecular formula is C24H25N3O3. The summed E-state index contributed by atoms with van der Waals surface area (Å²) in [6, 6.07) is 21.6. The molecule has 0 bridgehead atoms. The van der Waals surface area contributed by atoms with Crippen LogP contribution >= 0.6 is 0 Å². The van der Waals surface area contributed by atoms with Crippen LogP contribution < -0.4 is 10.1 Å². The van der Waals surface area contributed by atoms with Gasteiger partial charge in [0.2, 0.25) is 11.8 Å². The van der Waals surface area contributed by atoms with Crippen molar-refractivity contribution in [3.8, 4) is 5.75 Å². The lowest BCUT2D eigenvalue weighted by Crippen LogP contribution is -2.42. The van der Waals surface area contributed by atoms with Crippen molar-refractivity contribution in [3.63, 3.8) is 0 Å². The van der Waals surface area contributed by atoms with Crippen molar-refractivity contribution in [1.29, 1.82) is 0 Å². The average Bonchev–Trinajstić information content (AvgIpc) is 2.79. The first-order chi connectivity index (χ1) is 14.6. The van der Waals surface area contributed by atoms with Gasteiger partial charge >= 0.3 is 0 Å². The first-order valence-corrected chi connectivity index (χ1v) is 9.71. The molecule has 1 heterocycles. The molecule has 0 aliphatic carbocycles. The number of hydrogen-bond donors (Lipinski definition) is 1. The van der Waals surface area contributed by atoms with Crippen LogP contribution in [0.5, 0.6) is 5.75 Å². The van der Waals surface area contributed by atoms with E-state index < -0.39 is 6.04 Å². The zero-order valence-electron chi connectivity index (χ0n) is 17.1. The number of pyridine rings is 1. The molecule has 0 aliphatic rings. The Hall–Kier alpha value is -3.67. The van der Waals surface area contributed by atoms with Crippen molar-refractivity contribution in [3.05, 3.63) is 95.8 Å². The number of nitrogens with one attached hydrogen (secondary N) is 1. The SMILES string of the molecule is COc1ccc(CN(C(C)=O)[C@@H](C(=O)NCc2ccccn2)c2ccccc2)cc1. The summed E-state index contributed by atoms with van der Waals surface area (Å²) in [6.45, 7) is 2.07. The van der Waals surface area contributed by atoms with E-state index in [0.717, 1.165) is 22.6 Å². The Kier molecular flexibility index (Phi) is 7.16. The number of carbonyl (C=O) groups excluding carboxylic acids is 2. The molecule has 0 saturated heterocycles. The molecule has 1 atom stereocenters. The van der Waals surface area contributed by atoms with Crippen LogP contribution in [0.4, 0.5) is 0 Å². The van der Waals surface area contributed by atoms with Crippen LogP contribution in [0, 0.1) is 0 Å². The minimum absolute atomic E-state index is 0.187. The summed E-state index contributed by atoms with van der Waals surface area (Å²) >= 11 is 0. The summed E-state index contributed by atoms with van der Waals surface area (Å²) in [5, 5.41) is 2.92. The molecule has 3 aromatic rings. The molecular weight excluding hydrogens is 378 g/mol. The molecule has 0 aliphatic heterocycles. The van der Waals surface area contributed by atoms with E-state index in [0.29, 0.717) is 6.54 Å². The van der Waals surface area contributed by atoms with Crippen molar-refractivity contribution in [2.45, 2.75) is 26.1 Å². The van der Waals surface area contributed by atoms with Crippen molar-refractivity contribution >= 4 is 11.8 Å². The molecule has 154 valence electrons. The summed E-state index contributed by atoms with van der Waals surface area (Å²) < 4.78 is 5.20. The van der Waals surface area contributed by atoms with Crippen molar-refractivity contribution < 1.29 is 14.3 Å². The van der Waals surface area contributed by atoms with E-state index >= 15 is 0 Å². The maximum absolute atomic E-state index is 13.2. The third-order valence-corrected chi connectivity index (χ3v) is 4.76. The summed E-state index contributed by atoms with van der Waals surface area (Å²) in [6.07, 6.45) is 1.68. The number of carbonyl (C=O) groups is 2. The smallest absolute Gasteiger partial charge is 0.247 e. The normalized spacial score (nSPS) is 11.4. The Balaban J connectivity index is 1.86. The van der Waals surface area contributed by atoms with Gasteiger partial charge in [0, 0.05) is 19.7 Å². The lowest BCUT2D eigenvalue weighted by molar-refractivity contribution is -0.140. The summed E-state index contributed by atoms with van der Waals surface area (Å²) in [5.74, 6) is 0.295. The zero-order chi connectivity index (χ0) is 21.3. The molecule has 2 aromatic carbocycles. The second-order valence-electron chi connectivity index (χ2n) is 6.85. The van der Waals surface area contributed by atoms with E-state index in [1.165, 1.54) is 6.92 Å². The molecule has 6 heteroatoms. The molecule has 2 amide bonds. The van der Waals surface area contributed by atoms with E-state index in [1.807, 2.05) is 72.8 Å². The Morgan fingerprint density at radius 1 is 1.00 bits per heavy atom. The van der Waals surface area contributed by atoms with Gasteiger partial charge < -0.3 is 15.0 Å². The molecule has 0 saturated carbocycles. The highest BCUT2D eigenvalue weighted by Gasteiger charge is 2.29. The van der Waals surface area contributed by atoms with Crippen molar-refractivity contribution in [1.82, 2.24) is 15.2 Å². The first kappa shape index (κ1) is 21.0. The van der Waals surface area contributed by atoms with Gasteiger partial charge in [0.05, 0.1) is 19.3 Å². The Bertz CT molecular complexity index is 960. The van der Waals surface area contributed by atoms with Gasteiger partial charge in [-0.15, -0.1) is 0 Å². The molecule has 0 unspecified atom stereocenters. The largest absolute Gasteiger partial charge is 0.497 e. The van der Waals surface area contributed by atoms with E-state index in [2.05, 4.69) is 10.3 Å². The number of aromatic nitrogens is 1. The van der Waals surface area contributed by atoms with Gasteiger partial charge in [0.1, 0.15) is 11.8 Å². The number of benzene rings is 2. The predicted molar refractivity (Wildman–Crippen MR) is 114 cm³/mol. The molecule has 30 heavy (non-hydrogen) atoms. The summed E-state index contributed by atoms with van der Waals surface area (Å²) in [4.78, 5) is 31.6. The Morgan fingerprint density at radius 3 is 2.30 bits per heavy atom. The molecule has 6 nitrogen and oxygen atoms in total. The third-order valence-electron chi connectivity index (χ3n) is 4.76. The monoisotopic (exact) mass is 403 g/mol. The van der Waals surface area contributed by atoms with Gasteiger partial charge in [-0.1, -0.05) is 48.5 Å². The fourth-order valence-corrected chi connectivity index (χ4v) is 3.20. The average molecular weight is 403 g/mol. The van der Waals surface area contributed by atoms with Gasteiger partial charge in [0.25, 0.3) is 0 Å². The molecule has 0 spiro atoms. The summed E-state index contributed by atoms with van der Waals surface area (Å²) in [5.41, 5.74) is 2.41. The van der Waals surface area contributed by atoms with Crippen LogP contribution in [0.15, 0.2) is 79.0 Å². The Morgan fingerprint density at radius 2 is 1.70 bits per heavy atom. The highest BCUT2D eigenvalue weighted by atomic mass is 16.5. The van der Waals surface area contributed by atoms with Crippen LogP contribution in [-0.2, 0) is 22.7 Å². The van der Waals surface area contributed by atoms with E-state index in [4.69, 9.17) is 4.74 Å². The van der Waals surface area contributed by atoms with Crippen molar-refractivity contribution in [2.24, 2.45) is 0 Å². The highest BCUT2D eigenvalue weighted by Crippen LogP contribution is 2.24. The highest BCUT2D eigenvalue weighted by molar-refractivity contribution is 5.88. The van der Waals surface area contributed by atoms with Gasteiger partial charge in [-0.2, -0.15) is 0 Å². The lowest BCUT2D eigenvalue weighted by Gasteiger charge is -2.30. The zero-order valence-corrected chi connectivity index (χ0v) is 17.1. The topological polar surface area (TPSA) is 71.5 Å². The molecule has 1 aromatic heterocycles. The van der Waals surface area contributed by atoms with E-state index in [9.17, 15) is 9.59 Å². The van der Waals surface area contributed by atoms with Gasteiger partial charge in [-0.25, -0.2) is 0 Å². The van der Waals surface area contributed by atoms with Crippen LogP contribution in [0.3, 0.4) is 0 Å². The summed E-state index contributed by atoms with van der Waals surface area (Å²) in [7, 11) is 1.61. The minimum atomic E-state index is -0.755. The number of ether oxygens (including phenoxy) is 1. The van der Waals surface area contributed by atoms with E-state index in [1.54, 1.807) is 18.2 Å². The van der Waals surface area contributed by atoms with Gasteiger partial charge in [-0.3, -0.25) is 14.6 Å². The van der Waals surface area contributed by atoms with Crippen LogP contribution in [0.25, 0.3) is 0 Å². The number of amides is 2.